The lowest BCUT2D eigenvalue weighted by Crippen LogP contribution is -2.15. The zero-order valence-corrected chi connectivity index (χ0v) is 16.7. The maximum absolute atomic E-state index is 12.7. The molecule has 1 amide bonds. The molecule has 0 atom stereocenters. The number of benzene rings is 3. The fourth-order valence-electron chi connectivity index (χ4n) is 2.60. The smallest absolute Gasteiger partial charge is 0.416 e. The zero-order valence-electron chi connectivity index (χ0n) is 15.9. The Morgan fingerprint density at radius 2 is 1.48 bits per heavy atom. The second-order valence-corrected chi connectivity index (χ2v) is 7.45. The normalized spacial score (nSPS) is 11.9. The number of nitrogens with zero attached hydrogens (tertiary/aromatic N) is 1. The van der Waals surface area contributed by atoms with Crippen LogP contribution in [0.25, 0.3) is 5.76 Å². The summed E-state index contributed by atoms with van der Waals surface area (Å²) in [5.41, 5.74) is -1.19. The molecule has 0 saturated carbocycles. The van der Waals surface area contributed by atoms with Crippen molar-refractivity contribution in [3.63, 3.8) is 0 Å². The van der Waals surface area contributed by atoms with E-state index in [1.807, 2.05) is 30.3 Å². The predicted molar refractivity (Wildman–Crippen MR) is 112 cm³/mol. The molecule has 4 nitrogen and oxygen atoms in total. The number of halogens is 3. The summed E-state index contributed by atoms with van der Waals surface area (Å²) in [6, 6.07) is 21.7. The van der Waals surface area contributed by atoms with Crippen LogP contribution in [0.2, 0.25) is 0 Å². The molecule has 0 unspecified atom stereocenters. The summed E-state index contributed by atoms with van der Waals surface area (Å²) >= 11 is 1.54. The molecule has 3 aromatic rings. The minimum atomic E-state index is -4.53. The Kier molecular flexibility index (Phi) is 6.68. The van der Waals surface area contributed by atoms with Gasteiger partial charge < -0.3 is 10.4 Å². The van der Waals surface area contributed by atoms with E-state index in [4.69, 9.17) is 0 Å². The lowest BCUT2D eigenvalue weighted by molar-refractivity contribution is -0.137. The van der Waals surface area contributed by atoms with Crippen LogP contribution in [0.5, 0.6) is 0 Å². The van der Waals surface area contributed by atoms with Gasteiger partial charge in [0, 0.05) is 21.0 Å². The second kappa shape index (κ2) is 9.41. The molecule has 0 saturated heterocycles. The van der Waals surface area contributed by atoms with Crippen molar-refractivity contribution in [1.82, 2.24) is 0 Å². The molecule has 0 aliphatic heterocycles. The van der Waals surface area contributed by atoms with Crippen LogP contribution >= 0.6 is 11.8 Å². The number of nitriles is 1. The van der Waals surface area contributed by atoms with Crippen molar-refractivity contribution < 1.29 is 23.1 Å². The lowest BCUT2D eigenvalue weighted by Gasteiger charge is -2.09. The highest BCUT2D eigenvalue weighted by molar-refractivity contribution is 7.99. The molecular formula is C23H15F3N2O2S. The van der Waals surface area contributed by atoms with Gasteiger partial charge >= 0.3 is 6.18 Å². The van der Waals surface area contributed by atoms with Crippen molar-refractivity contribution >= 4 is 29.1 Å². The summed E-state index contributed by atoms with van der Waals surface area (Å²) < 4.78 is 38.0. The van der Waals surface area contributed by atoms with E-state index in [9.17, 15) is 28.3 Å². The van der Waals surface area contributed by atoms with E-state index in [1.54, 1.807) is 30.3 Å². The summed E-state index contributed by atoms with van der Waals surface area (Å²) in [4.78, 5) is 14.4. The van der Waals surface area contributed by atoms with Gasteiger partial charge in [0.25, 0.3) is 5.91 Å². The highest BCUT2D eigenvalue weighted by atomic mass is 32.2. The van der Waals surface area contributed by atoms with E-state index in [0.29, 0.717) is 5.69 Å². The molecule has 0 aliphatic rings. The number of carbonyl (C=O) groups excluding carboxylic acids is 1. The number of aliphatic hydroxyl groups excluding tert-OH is 1. The Bertz CT molecular complexity index is 1130. The van der Waals surface area contributed by atoms with Gasteiger partial charge in [-0.15, -0.1) is 0 Å². The lowest BCUT2D eigenvalue weighted by atomic mass is 10.1. The van der Waals surface area contributed by atoms with Gasteiger partial charge in [0.05, 0.1) is 5.56 Å². The summed E-state index contributed by atoms with van der Waals surface area (Å²) in [5, 5.41) is 22.0. The Morgan fingerprint density at radius 1 is 0.903 bits per heavy atom. The van der Waals surface area contributed by atoms with E-state index in [0.717, 1.165) is 34.1 Å². The van der Waals surface area contributed by atoms with E-state index < -0.39 is 29.0 Å². The molecule has 0 radical (unpaired) electrons. The number of rotatable bonds is 5. The third-order valence-corrected chi connectivity index (χ3v) is 5.17. The van der Waals surface area contributed by atoms with Crippen LogP contribution in [0.1, 0.15) is 11.1 Å². The first kappa shape index (κ1) is 22.0. The van der Waals surface area contributed by atoms with Crippen molar-refractivity contribution in [2.75, 3.05) is 5.32 Å². The van der Waals surface area contributed by atoms with Gasteiger partial charge in [-0.2, -0.15) is 18.4 Å². The number of amides is 1. The second-order valence-electron chi connectivity index (χ2n) is 6.30. The van der Waals surface area contributed by atoms with Crippen LogP contribution in [-0.2, 0) is 11.0 Å². The Labute approximate surface area is 180 Å². The van der Waals surface area contributed by atoms with Crippen molar-refractivity contribution in [2.45, 2.75) is 16.0 Å². The summed E-state index contributed by atoms with van der Waals surface area (Å²) in [7, 11) is 0. The van der Waals surface area contributed by atoms with Crippen molar-refractivity contribution in [1.29, 1.82) is 5.26 Å². The molecule has 2 N–H and O–H groups in total. The topological polar surface area (TPSA) is 73.1 Å². The van der Waals surface area contributed by atoms with Gasteiger partial charge in [0.2, 0.25) is 0 Å². The van der Waals surface area contributed by atoms with Gasteiger partial charge in [-0.1, -0.05) is 42.1 Å². The van der Waals surface area contributed by atoms with E-state index in [1.165, 1.54) is 11.8 Å². The molecule has 0 bridgehead atoms. The molecule has 156 valence electrons. The van der Waals surface area contributed by atoms with Crippen LogP contribution in [0.4, 0.5) is 18.9 Å². The molecule has 3 aromatic carbocycles. The summed E-state index contributed by atoms with van der Waals surface area (Å²) in [6.45, 7) is 0. The van der Waals surface area contributed by atoms with Gasteiger partial charge in [0.1, 0.15) is 11.8 Å². The van der Waals surface area contributed by atoms with Gasteiger partial charge in [-0.25, -0.2) is 0 Å². The fourth-order valence-corrected chi connectivity index (χ4v) is 3.43. The third kappa shape index (κ3) is 5.68. The minimum absolute atomic E-state index is 0.0747. The van der Waals surface area contributed by atoms with Crippen molar-refractivity contribution in [2.24, 2.45) is 0 Å². The Hall–Kier alpha value is -3.70. The maximum atomic E-state index is 12.7. The fraction of sp³-hybridized carbons (Fsp3) is 0.0435. The molecule has 31 heavy (non-hydrogen) atoms. The van der Waals surface area contributed by atoms with Crippen LogP contribution < -0.4 is 5.32 Å². The number of carbonyl (C=O) groups is 1. The first-order chi connectivity index (χ1) is 14.8. The molecule has 0 aliphatic carbocycles. The van der Waals surface area contributed by atoms with E-state index in [2.05, 4.69) is 5.32 Å². The average Bonchev–Trinajstić information content (AvgIpc) is 2.76. The number of alkyl halides is 3. The number of nitrogens with one attached hydrogen (secondary N) is 1. The maximum Gasteiger partial charge on any atom is 0.416 e. The van der Waals surface area contributed by atoms with Gasteiger partial charge in [-0.3, -0.25) is 4.79 Å². The highest BCUT2D eigenvalue weighted by Crippen LogP contribution is 2.31. The molecule has 0 heterocycles. The van der Waals surface area contributed by atoms with Crippen LogP contribution in [0.3, 0.4) is 0 Å². The van der Waals surface area contributed by atoms with Gasteiger partial charge in [0.15, 0.2) is 5.57 Å². The summed E-state index contributed by atoms with van der Waals surface area (Å²) in [5.74, 6) is -1.58. The summed E-state index contributed by atoms with van der Waals surface area (Å²) in [6.07, 6.45) is -4.53. The number of aliphatic hydroxyl groups is 1. The minimum Gasteiger partial charge on any atom is -0.506 e. The molecule has 3 rings (SSSR count). The first-order valence-corrected chi connectivity index (χ1v) is 9.75. The number of hydrogen-bond acceptors (Lipinski definition) is 4. The molecular weight excluding hydrogens is 425 g/mol. The molecule has 8 heteroatoms. The quantitative estimate of drug-likeness (QED) is 0.278. The molecule has 0 aromatic heterocycles. The number of hydrogen-bond donors (Lipinski definition) is 2. The number of anilines is 1. The largest absolute Gasteiger partial charge is 0.506 e. The van der Waals surface area contributed by atoms with Gasteiger partial charge in [-0.05, 0) is 48.5 Å². The van der Waals surface area contributed by atoms with Crippen molar-refractivity contribution in [3.05, 3.63) is 95.6 Å². The standard InChI is InChI=1S/C23H15F3N2O2S/c24-23(25,26)16-8-6-15(7-9-16)21(29)20(14-27)22(30)28-17-10-12-19(13-11-17)31-18-4-2-1-3-5-18/h1-13,29H,(H,28,30)/b21-20-. The van der Waals surface area contributed by atoms with E-state index >= 15 is 0 Å². The SMILES string of the molecule is N#C/C(C(=O)Nc1ccc(Sc2ccccc2)cc1)=C(/O)c1ccc(C(F)(F)F)cc1. The zero-order chi connectivity index (χ0) is 22.4. The van der Waals surface area contributed by atoms with Crippen LogP contribution in [-0.4, -0.2) is 11.0 Å². The first-order valence-electron chi connectivity index (χ1n) is 8.93. The Morgan fingerprint density at radius 3 is 2.03 bits per heavy atom. The monoisotopic (exact) mass is 440 g/mol. The average molecular weight is 440 g/mol. The van der Waals surface area contributed by atoms with E-state index in [-0.39, 0.29) is 5.56 Å². The predicted octanol–water partition coefficient (Wildman–Crippen LogP) is 6.29. The van der Waals surface area contributed by atoms with Crippen LogP contribution in [0, 0.1) is 11.3 Å². The highest BCUT2D eigenvalue weighted by Gasteiger charge is 2.30. The Balaban J connectivity index is 1.74. The van der Waals surface area contributed by atoms with Crippen LogP contribution in [0.15, 0.2) is 94.2 Å². The molecule has 0 fully saturated rings. The third-order valence-electron chi connectivity index (χ3n) is 4.15. The molecule has 0 spiro atoms. The van der Waals surface area contributed by atoms with Crippen molar-refractivity contribution in [3.8, 4) is 6.07 Å².